The minimum atomic E-state index is -0.973. The van der Waals surface area contributed by atoms with Gasteiger partial charge in [0.25, 0.3) is 5.89 Å². The third kappa shape index (κ3) is 2.76. The highest BCUT2D eigenvalue weighted by Crippen LogP contribution is 2.23. The number of benzene rings is 1. The summed E-state index contributed by atoms with van der Waals surface area (Å²) in [6, 6.07) is 5.75. The summed E-state index contributed by atoms with van der Waals surface area (Å²) in [5, 5.41) is 12.9. The zero-order valence-electron chi connectivity index (χ0n) is 11.0. The van der Waals surface area contributed by atoms with Crippen LogP contribution < -0.4 is 0 Å². The van der Waals surface area contributed by atoms with Crippen LogP contribution in [-0.2, 0) is 0 Å². The van der Waals surface area contributed by atoms with Crippen LogP contribution in [0, 0.1) is 5.82 Å². The minimum Gasteiger partial charge on any atom is -0.465 e. The van der Waals surface area contributed by atoms with Gasteiger partial charge in [-0.1, -0.05) is 11.2 Å². The highest BCUT2D eigenvalue weighted by atomic mass is 19.1. The molecule has 0 atom stereocenters. The van der Waals surface area contributed by atoms with E-state index in [4.69, 9.17) is 9.63 Å². The molecule has 21 heavy (non-hydrogen) atoms. The van der Waals surface area contributed by atoms with Gasteiger partial charge in [-0.15, -0.1) is 0 Å². The molecule has 1 aromatic carbocycles. The van der Waals surface area contributed by atoms with Gasteiger partial charge in [-0.3, -0.25) is 0 Å². The molecule has 1 amide bonds. The van der Waals surface area contributed by atoms with Gasteiger partial charge in [-0.2, -0.15) is 4.98 Å². The molecule has 1 aliphatic rings. The zero-order chi connectivity index (χ0) is 14.8. The van der Waals surface area contributed by atoms with Crippen molar-refractivity contribution in [2.75, 3.05) is 13.1 Å². The fourth-order valence-electron chi connectivity index (χ4n) is 2.13. The Morgan fingerprint density at radius 2 is 2.10 bits per heavy atom. The second-order valence-electron chi connectivity index (χ2n) is 4.65. The fourth-order valence-corrected chi connectivity index (χ4v) is 2.13. The Bertz CT molecular complexity index is 694. The lowest BCUT2D eigenvalue weighted by Gasteiger charge is -2.22. The molecule has 0 fully saturated rings. The molecule has 7 heteroatoms. The van der Waals surface area contributed by atoms with E-state index in [9.17, 15) is 9.18 Å². The number of aromatic nitrogens is 2. The van der Waals surface area contributed by atoms with E-state index in [2.05, 4.69) is 10.1 Å². The van der Waals surface area contributed by atoms with E-state index in [-0.39, 0.29) is 12.4 Å². The predicted molar refractivity (Wildman–Crippen MR) is 71.9 cm³/mol. The van der Waals surface area contributed by atoms with Crippen molar-refractivity contribution in [3.8, 4) is 11.4 Å². The SMILES string of the molecule is O=C(O)N1CCC=C(c2nc(-c3ccc(F)cc3)no2)C1. The largest absolute Gasteiger partial charge is 0.465 e. The molecule has 3 rings (SSSR count). The Morgan fingerprint density at radius 1 is 1.33 bits per heavy atom. The first-order valence-corrected chi connectivity index (χ1v) is 6.40. The molecule has 0 spiro atoms. The van der Waals surface area contributed by atoms with Gasteiger partial charge in [-0.05, 0) is 30.7 Å². The quantitative estimate of drug-likeness (QED) is 0.919. The predicted octanol–water partition coefficient (Wildman–Crippen LogP) is 2.64. The second kappa shape index (κ2) is 5.35. The number of amides is 1. The van der Waals surface area contributed by atoms with E-state index in [0.717, 1.165) is 0 Å². The summed E-state index contributed by atoms with van der Waals surface area (Å²) in [5.41, 5.74) is 1.32. The lowest BCUT2D eigenvalue weighted by atomic mass is 10.1. The van der Waals surface area contributed by atoms with Crippen LogP contribution in [0.1, 0.15) is 12.3 Å². The van der Waals surface area contributed by atoms with Gasteiger partial charge in [0.1, 0.15) is 5.82 Å². The van der Waals surface area contributed by atoms with Crippen molar-refractivity contribution in [3.05, 3.63) is 42.0 Å². The Kier molecular flexibility index (Phi) is 3.39. The molecule has 108 valence electrons. The molecular weight excluding hydrogens is 277 g/mol. The number of hydrogen-bond acceptors (Lipinski definition) is 4. The van der Waals surface area contributed by atoms with E-state index in [1.54, 1.807) is 12.1 Å². The average Bonchev–Trinajstić information content (AvgIpc) is 2.98. The third-order valence-electron chi connectivity index (χ3n) is 3.22. The molecule has 0 aliphatic carbocycles. The number of carboxylic acid groups (broad SMARTS) is 1. The topological polar surface area (TPSA) is 79.5 Å². The van der Waals surface area contributed by atoms with Gasteiger partial charge in [-0.25, -0.2) is 9.18 Å². The van der Waals surface area contributed by atoms with Crippen LogP contribution in [-0.4, -0.2) is 39.3 Å². The van der Waals surface area contributed by atoms with Crippen molar-refractivity contribution >= 4 is 11.7 Å². The third-order valence-corrected chi connectivity index (χ3v) is 3.22. The van der Waals surface area contributed by atoms with E-state index in [0.29, 0.717) is 35.8 Å². The summed E-state index contributed by atoms with van der Waals surface area (Å²) in [5.74, 6) is 0.299. The molecule has 0 saturated carbocycles. The first kappa shape index (κ1) is 13.3. The van der Waals surface area contributed by atoms with Gasteiger partial charge in [0, 0.05) is 17.7 Å². The molecule has 0 saturated heterocycles. The monoisotopic (exact) mass is 289 g/mol. The number of carbonyl (C=O) groups is 1. The molecular formula is C14H12FN3O3. The molecule has 0 bridgehead atoms. The number of nitrogens with zero attached hydrogens (tertiary/aromatic N) is 3. The molecule has 2 aromatic rings. The highest BCUT2D eigenvalue weighted by molar-refractivity contribution is 5.71. The van der Waals surface area contributed by atoms with Gasteiger partial charge < -0.3 is 14.5 Å². The molecule has 2 heterocycles. The average molecular weight is 289 g/mol. The van der Waals surface area contributed by atoms with Crippen LogP contribution in [0.2, 0.25) is 0 Å². The summed E-state index contributed by atoms with van der Waals surface area (Å²) < 4.78 is 18.1. The molecule has 1 aromatic heterocycles. The standard InChI is InChI=1S/C14H12FN3O3/c15-11-5-3-9(4-6-11)12-16-13(21-17-12)10-2-1-7-18(8-10)14(19)20/h2-6H,1,7-8H2,(H,19,20). The van der Waals surface area contributed by atoms with E-state index in [1.165, 1.54) is 17.0 Å². The van der Waals surface area contributed by atoms with E-state index >= 15 is 0 Å². The van der Waals surface area contributed by atoms with Crippen LogP contribution in [0.3, 0.4) is 0 Å². The maximum Gasteiger partial charge on any atom is 0.407 e. The Morgan fingerprint density at radius 3 is 2.81 bits per heavy atom. The van der Waals surface area contributed by atoms with Crippen molar-refractivity contribution in [2.45, 2.75) is 6.42 Å². The van der Waals surface area contributed by atoms with Crippen molar-refractivity contribution in [1.82, 2.24) is 15.0 Å². The molecule has 0 radical (unpaired) electrons. The second-order valence-corrected chi connectivity index (χ2v) is 4.65. The normalized spacial score (nSPS) is 14.9. The Balaban J connectivity index is 1.83. The summed E-state index contributed by atoms with van der Waals surface area (Å²) in [6.45, 7) is 0.679. The minimum absolute atomic E-state index is 0.223. The summed E-state index contributed by atoms with van der Waals surface area (Å²) in [4.78, 5) is 16.5. The zero-order valence-corrected chi connectivity index (χ0v) is 11.0. The van der Waals surface area contributed by atoms with E-state index < -0.39 is 6.09 Å². The summed E-state index contributed by atoms with van der Waals surface area (Å²) in [7, 11) is 0. The van der Waals surface area contributed by atoms with Crippen LogP contribution in [0.25, 0.3) is 17.0 Å². The number of hydrogen-bond donors (Lipinski definition) is 1. The van der Waals surface area contributed by atoms with Crippen molar-refractivity contribution in [2.24, 2.45) is 0 Å². The van der Waals surface area contributed by atoms with Crippen molar-refractivity contribution < 1.29 is 18.8 Å². The fraction of sp³-hybridized carbons (Fsp3) is 0.214. The first-order chi connectivity index (χ1) is 10.1. The molecule has 6 nitrogen and oxygen atoms in total. The molecule has 1 N–H and O–H groups in total. The summed E-state index contributed by atoms with van der Waals surface area (Å²) >= 11 is 0. The van der Waals surface area contributed by atoms with E-state index in [1.807, 2.05) is 6.08 Å². The van der Waals surface area contributed by atoms with Gasteiger partial charge in [0.15, 0.2) is 0 Å². The molecule has 1 aliphatic heterocycles. The van der Waals surface area contributed by atoms with Crippen LogP contribution in [0.5, 0.6) is 0 Å². The Labute approximate surface area is 119 Å². The highest BCUT2D eigenvalue weighted by Gasteiger charge is 2.21. The number of halogens is 1. The first-order valence-electron chi connectivity index (χ1n) is 6.40. The maximum atomic E-state index is 12.9. The lowest BCUT2D eigenvalue weighted by Crippen LogP contribution is -2.34. The van der Waals surface area contributed by atoms with Crippen LogP contribution in [0.15, 0.2) is 34.9 Å². The van der Waals surface area contributed by atoms with Gasteiger partial charge in [0.2, 0.25) is 5.82 Å². The van der Waals surface area contributed by atoms with Crippen molar-refractivity contribution in [1.29, 1.82) is 0 Å². The van der Waals surface area contributed by atoms with Crippen molar-refractivity contribution in [3.63, 3.8) is 0 Å². The maximum absolute atomic E-state index is 12.9. The van der Waals surface area contributed by atoms with Crippen LogP contribution in [0.4, 0.5) is 9.18 Å². The lowest BCUT2D eigenvalue weighted by molar-refractivity contribution is 0.150. The summed E-state index contributed by atoms with van der Waals surface area (Å²) in [6.07, 6.45) is 1.52. The smallest absolute Gasteiger partial charge is 0.407 e. The molecule has 0 unspecified atom stereocenters. The van der Waals surface area contributed by atoms with Gasteiger partial charge in [0.05, 0.1) is 6.54 Å². The Hall–Kier alpha value is -2.70. The number of rotatable bonds is 2. The van der Waals surface area contributed by atoms with Crippen LogP contribution >= 0.6 is 0 Å². The van der Waals surface area contributed by atoms with Gasteiger partial charge >= 0.3 is 6.09 Å².